The quantitative estimate of drug-likeness (QED) is 0.737. The van der Waals surface area contributed by atoms with Crippen molar-refractivity contribution in [3.8, 4) is 5.75 Å². The number of nitrogens with one attached hydrogen (secondary N) is 1. The van der Waals surface area contributed by atoms with Crippen molar-refractivity contribution in [2.45, 2.75) is 6.92 Å². The molecule has 96 valence electrons. The summed E-state index contributed by atoms with van der Waals surface area (Å²) in [5, 5.41) is 12.9. The first-order valence-corrected chi connectivity index (χ1v) is 6.54. The molecular formula is C14H11BrN2O2. The highest BCUT2D eigenvalue weighted by Gasteiger charge is 2.10. The van der Waals surface area contributed by atoms with Crippen LogP contribution in [-0.2, 0) is 0 Å². The number of halogens is 1. The van der Waals surface area contributed by atoms with Gasteiger partial charge in [-0.1, -0.05) is 15.9 Å². The molecule has 0 spiro atoms. The third-order valence-corrected chi connectivity index (χ3v) is 3.24. The van der Waals surface area contributed by atoms with Gasteiger partial charge in [-0.05, 0) is 48.9 Å². The SMILES string of the molecule is Cc1cc(O)c2oc(Nc3ccc(Br)cc3)nc2c1. The standard InChI is InChI=1S/C14H11BrN2O2/c1-8-6-11-13(12(18)7-8)19-14(17-11)16-10-4-2-9(15)3-5-10/h2-7,18H,1H3,(H,16,17). The van der Waals surface area contributed by atoms with Crippen LogP contribution in [0.4, 0.5) is 11.7 Å². The molecule has 0 atom stereocenters. The molecule has 0 aliphatic carbocycles. The Hall–Kier alpha value is -2.01. The Balaban J connectivity index is 1.97. The van der Waals surface area contributed by atoms with Crippen LogP contribution in [0.5, 0.6) is 5.75 Å². The summed E-state index contributed by atoms with van der Waals surface area (Å²) in [5.41, 5.74) is 2.83. The van der Waals surface area contributed by atoms with Crippen LogP contribution >= 0.6 is 15.9 Å². The number of aromatic hydroxyl groups is 1. The van der Waals surface area contributed by atoms with Crippen LogP contribution in [0.2, 0.25) is 0 Å². The van der Waals surface area contributed by atoms with Gasteiger partial charge in [0.25, 0.3) is 6.01 Å². The van der Waals surface area contributed by atoms with Gasteiger partial charge >= 0.3 is 0 Å². The maximum atomic E-state index is 9.80. The highest BCUT2D eigenvalue weighted by atomic mass is 79.9. The molecule has 2 N–H and O–H groups in total. The Morgan fingerprint density at radius 2 is 1.95 bits per heavy atom. The van der Waals surface area contributed by atoms with Crippen molar-refractivity contribution >= 4 is 38.7 Å². The predicted molar refractivity (Wildman–Crippen MR) is 77.8 cm³/mol. The van der Waals surface area contributed by atoms with E-state index in [1.807, 2.05) is 37.3 Å². The lowest BCUT2D eigenvalue weighted by Gasteiger charge is -2.00. The van der Waals surface area contributed by atoms with Gasteiger partial charge in [0.15, 0.2) is 11.3 Å². The number of anilines is 2. The Bertz CT molecular complexity index is 735. The van der Waals surface area contributed by atoms with Crippen LogP contribution in [0.3, 0.4) is 0 Å². The summed E-state index contributed by atoms with van der Waals surface area (Å²) in [6, 6.07) is 11.5. The predicted octanol–water partition coefficient (Wildman–Crippen LogP) is 4.35. The fourth-order valence-corrected chi connectivity index (χ4v) is 2.13. The van der Waals surface area contributed by atoms with E-state index >= 15 is 0 Å². The molecule has 0 unspecified atom stereocenters. The van der Waals surface area contributed by atoms with Crippen LogP contribution in [0, 0.1) is 6.92 Å². The number of hydrogen-bond donors (Lipinski definition) is 2. The highest BCUT2D eigenvalue weighted by molar-refractivity contribution is 9.10. The second kappa shape index (κ2) is 4.59. The van der Waals surface area contributed by atoms with Crippen LogP contribution < -0.4 is 5.32 Å². The lowest BCUT2D eigenvalue weighted by molar-refractivity contribution is 0.466. The van der Waals surface area contributed by atoms with Crippen molar-refractivity contribution in [2.24, 2.45) is 0 Å². The molecule has 3 aromatic rings. The van der Waals surface area contributed by atoms with Gasteiger partial charge in [-0.15, -0.1) is 0 Å². The topological polar surface area (TPSA) is 58.3 Å². The number of hydrogen-bond acceptors (Lipinski definition) is 4. The number of rotatable bonds is 2. The van der Waals surface area contributed by atoms with E-state index in [1.54, 1.807) is 6.07 Å². The van der Waals surface area contributed by atoms with Crippen molar-refractivity contribution in [1.82, 2.24) is 4.98 Å². The summed E-state index contributed by atoms with van der Waals surface area (Å²) >= 11 is 3.38. The van der Waals surface area contributed by atoms with Crippen LogP contribution in [-0.4, -0.2) is 10.1 Å². The van der Waals surface area contributed by atoms with Gasteiger partial charge in [-0.2, -0.15) is 4.98 Å². The monoisotopic (exact) mass is 318 g/mol. The van der Waals surface area contributed by atoms with E-state index in [2.05, 4.69) is 26.2 Å². The number of benzene rings is 2. The normalized spacial score (nSPS) is 10.8. The molecule has 0 aliphatic heterocycles. The minimum Gasteiger partial charge on any atom is -0.504 e. The molecule has 0 saturated heterocycles. The van der Waals surface area contributed by atoms with Gasteiger partial charge in [0.2, 0.25) is 0 Å². The molecule has 0 fully saturated rings. The summed E-state index contributed by atoms with van der Waals surface area (Å²) in [7, 11) is 0. The van der Waals surface area contributed by atoms with E-state index in [-0.39, 0.29) is 5.75 Å². The molecule has 1 heterocycles. The van der Waals surface area contributed by atoms with Crippen molar-refractivity contribution in [3.05, 3.63) is 46.4 Å². The largest absolute Gasteiger partial charge is 0.504 e. The van der Waals surface area contributed by atoms with Gasteiger partial charge in [0.1, 0.15) is 5.52 Å². The van der Waals surface area contributed by atoms with E-state index < -0.39 is 0 Å². The number of fused-ring (bicyclic) bond motifs is 1. The molecule has 4 nitrogen and oxygen atoms in total. The number of phenols is 1. The average molecular weight is 319 g/mol. The minimum absolute atomic E-state index is 0.103. The first-order chi connectivity index (χ1) is 9.11. The highest BCUT2D eigenvalue weighted by Crippen LogP contribution is 2.30. The third kappa shape index (κ3) is 2.42. The Morgan fingerprint density at radius 1 is 1.21 bits per heavy atom. The van der Waals surface area contributed by atoms with Crippen molar-refractivity contribution < 1.29 is 9.52 Å². The maximum Gasteiger partial charge on any atom is 0.300 e. The second-order valence-corrected chi connectivity index (χ2v) is 5.20. The zero-order valence-corrected chi connectivity index (χ0v) is 11.7. The van der Waals surface area contributed by atoms with E-state index in [0.717, 1.165) is 15.7 Å². The Kier molecular flexibility index (Phi) is 2.91. The smallest absolute Gasteiger partial charge is 0.300 e. The van der Waals surface area contributed by atoms with Crippen molar-refractivity contribution in [3.63, 3.8) is 0 Å². The lowest BCUT2D eigenvalue weighted by Crippen LogP contribution is -1.89. The molecule has 3 rings (SSSR count). The van der Waals surface area contributed by atoms with Crippen LogP contribution in [0.15, 0.2) is 45.3 Å². The van der Waals surface area contributed by atoms with E-state index in [4.69, 9.17) is 4.42 Å². The number of aromatic nitrogens is 1. The van der Waals surface area contributed by atoms with E-state index in [0.29, 0.717) is 17.1 Å². The van der Waals surface area contributed by atoms with Gasteiger partial charge < -0.3 is 14.8 Å². The van der Waals surface area contributed by atoms with Gasteiger partial charge in [-0.25, -0.2) is 0 Å². The molecule has 0 saturated carbocycles. The molecule has 5 heteroatoms. The third-order valence-electron chi connectivity index (χ3n) is 2.71. The number of aryl methyl sites for hydroxylation is 1. The number of phenolic OH excluding ortho intramolecular Hbond substituents is 1. The first-order valence-electron chi connectivity index (χ1n) is 5.74. The van der Waals surface area contributed by atoms with Gasteiger partial charge in [0, 0.05) is 10.2 Å². The Labute approximate surface area is 118 Å². The van der Waals surface area contributed by atoms with Crippen molar-refractivity contribution in [2.75, 3.05) is 5.32 Å². The van der Waals surface area contributed by atoms with Crippen LogP contribution in [0.25, 0.3) is 11.1 Å². The zero-order valence-electron chi connectivity index (χ0n) is 10.1. The number of nitrogens with zero attached hydrogens (tertiary/aromatic N) is 1. The maximum absolute atomic E-state index is 9.80. The zero-order chi connectivity index (χ0) is 13.4. The van der Waals surface area contributed by atoms with Crippen LogP contribution in [0.1, 0.15) is 5.56 Å². The minimum atomic E-state index is 0.103. The average Bonchev–Trinajstić information content (AvgIpc) is 2.75. The molecule has 19 heavy (non-hydrogen) atoms. The Morgan fingerprint density at radius 3 is 2.68 bits per heavy atom. The second-order valence-electron chi connectivity index (χ2n) is 4.28. The van der Waals surface area contributed by atoms with Gasteiger partial charge in [0.05, 0.1) is 0 Å². The molecular weight excluding hydrogens is 308 g/mol. The van der Waals surface area contributed by atoms with Crippen molar-refractivity contribution in [1.29, 1.82) is 0 Å². The molecule has 0 aliphatic rings. The summed E-state index contributed by atoms with van der Waals surface area (Å²) in [4.78, 5) is 4.30. The van der Waals surface area contributed by atoms with E-state index in [1.165, 1.54) is 0 Å². The molecule has 0 bridgehead atoms. The molecule has 0 radical (unpaired) electrons. The fourth-order valence-electron chi connectivity index (χ4n) is 1.86. The lowest BCUT2D eigenvalue weighted by atomic mass is 10.2. The summed E-state index contributed by atoms with van der Waals surface area (Å²) < 4.78 is 6.51. The molecule has 1 aromatic heterocycles. The molecule has 0 amide bonds. The summed E-state index contributed by atoms with van der Waals surface area (Å²) in [6.45, 7) is 1.90. The summed E-state index contributed by atoms with van der Waals surface area (Å²) in [5.74, 6) is 0.103. The summed E-state index contributed by atoms with van der Waals surface area (Å²) in [6.07, 6.45) is 0. The number of oxazole rings is 1. The van der Waals surface area contributed by atoms with E-state index in [9.17, 15) is 5.11 Å². The fraction of sp³-hybridized carbons (Fsp3) is 0.0714. The first kappa shape index (κ1) is 12.0. The molecule has 2 aromatic carbocycles. The van der Waals surface area contributed by atoms with Gasteiger partial charge in [-0.3, -0.25) is 0 Å².